The second kappa shape index (κ2) is 18.2. The van der Waals surface area contributed by atoms with Crippen molar-refractivity contribution in [3.05, 3.63) is 272 Å². The molecule has 0 fully saturated rings. The normalized spacial score (nSPS) is 11.9. The van der Waals surface area contributed by atoms with Crippen LogP contribution >= 0.6 is 0 Å². The predicted molar refractivity (Wildman–Crippen MR) is 289 cm³/mol. The third-order valence-electron chi connectivity index (χ3n) is 13.2. The van der Waals surface area contributed by atoms with Gasteiger partial charge in [0.15, 0.2) is 0 Å². The van der Waals surface area contributed by atoms with Crippen LogP contribution in [0, 0.1) is 0 Å². The monoisotopic (exact) mass is 855 g/mol. The highest BCUT2D eigenvalue weighted by Crippen LogP contribution is 2.44. The van der Waals surface area contributed by atoms with Crippen LogP contribution in [-0.4, -0.2) is 0 Å². The average Bonchev–Trinajstić information content (AvgIpc) is 3.40. The van der Waals surface area contributed by atoms with Crippen LogP contribution in [0.4, 0.5) is 11.4 Å². The molecule has 0 aromatic heterocycles. The largest absolute Gasteiger partial charge is 0.314 e. The first-order valence-electron chi connectivity index (χ1n) is 23.2. The summed E-state index contributed by atoms with van der Waals surface area (Å²) in [5.41, 5.74) is 17.6. The Balaban J connectivity index is 1.08. The number of nitrogens with zero attached hydrogens (tertiary/aromatic N) is 1. The van der Waals surface area contributed by atoms with E-state index in [2.05, 4.69) is 280 Å². The molecule has 0 saturated heterocycles. The molecule has 11 aromatic rings. The molecular formula is C66H49N. The first-order chi connectivity index (χ1) is 33.1. The Morgan fingerprint density at radius 2 is 0.851 bits per heavy atom. The van der Waals surface area contributed by atoms with Crippen molar-refractivity contribution >= 4 is 49.3 Å². The van der Waals surface area contributed by atoms with Crippen LogP contribution in [-0.2, 0) is 0 Å². The average molecular weight is 856 g/mol. The number of benzene rings is 11. The van der Waals surface area contributed by atoms with E-state index in [-0.39, 0.29) is 0 Å². The van der Waals surface area contributed by atoms with Crippen molar-refractivity contribution in [2.45, 2.75) is 13.8 Å². The molecule has 0 bridgehead atoms. The topological polar surface area (TPSA) is 3.24 Å². The maximum atomic E-state index is 2.44. The molecule has 318 valence electrons. The zero-order valence-electron chi connectivity index (χ0n) is 37.8. The van der Waals surface area contributed by atoms with E-state index in [4.69, 9.17) is 0 Å². The van der Waals surface area contributed by atoms with Gasteiger partial charge >= 0.3 is 0 Å². The Hall–Kier alpha value is -8.52. The zero-order chi connectivity index (χ0) is 45.1. The van der Waals surface area contributed by atoms with E-state index >= 15 is 0 Å². The summed E-state index contributed by atoms with van der Waals surface area (Å²) in [5, 5.41) is 7.48. The fourth-order valence-electron chi connectivity index (χ4n) is 9.68. The van der Waals surface area contributed by atoms with Crippen LogP contribution in [0.25, 0.3) is 93.5 Å². The Morgan fingerprint density at radius 3 is 1.55 bits per heavy atom. The van der Waals surface area contributed by atoms with Gasteiger partial charge < -0.3 is 4.90 Å². The van der Waals surface area contributed by atoms with Crippen LogP contribution < -0.4 is 4.90 Å². The Labute approximate surface area is 393 Å². The van der Waals surface area contributed by atoms with Crippen molar-refractivity contribution in [3.63, 3.8) is 0 Å². The molecule has 0 spiro atoms. The van der Waals surface area contributed by atoms with Gasteiger partial charge in [-0.1, -0.05) is 218 Å². The van der Waals surface area contributed by atoms with E-state index in [1.807, 2.05) is 0 Å². The van der Waals surface area contributed by atoms with Crippen LogP contribution in [0.2, 0.25) is 0 Å². The molecule has 0 heterocycles. The van der Waals surface area contributed by atoms with E-state index in [9.17, 15) is 0 Å². The molecular weight excluding hydrogens is 807 g/mol. The van der Waals surface area contributed by atoms with Crippen molar-refractivity contribution in [1.29, 1.82) is 0 Å². The summed E-state index contributed by atoms with van der Waals surface area (Å²) in [7, 11) is 0. The highest BCUT2D eigenvalue weighted by molar-refractivity contribution is 6.14. The molecule has 0 aliphatic carbocycles. The van der Waals surface area contributed by atoms with Gasteiger partial charge in [0, 0.05) is 16.9 Å². The summed E-state index contributed by atoms with van der Waals surface area (Å²) in [6.45, 7) is 4.46. The summed E-state index contributed by atoms with van der Waals surface area (Å²) in [6, 6.07) is 90.5. The lowest BCUT2D eigenvalue weighted by Gasteiger charge is -2.29. The van der Waals surface area contributed by atoms with Crippen LogP contribution in [0.15, 0.2) is 267 Å². The molecule has 0 amide bonds. The first-order valence-corrected chi connectivity index (χ1v) is 23.2. The standard InChI is InChI=1S/C66H49N/c1-46(53-36-40-60(50-19-6-3-7-20-50)64(43-53)52-23-10-5-11-24-52)30-31-47(2)67(58-38-34-49(35-39-58)55-33-32-48-18-12-13-25-54(48)42-55)66-45-57(37-41-61(66)51-21-8-4-9-22-51)65-44-56-26-14-15-27-59(56)62-28-16-17-29-63(62)65/h3-45H,1-2H3/b46-30+,47-31+. The van der Waals surface area contributed by atoms with Gasteiger partial charge in [-0.2, -0.15) is 0 Å². The lowest BCUT2D eigenvalue weighted by molar-refractivity contribution is 1.16. The lowest BCUT2D eigenvalue weighted by Crippen LogP contribution is -2.15. The molecule has 0 radical (unpaired) electrons. The van der Waals surface area contributed by atoms with Crippen LogP contribution in [0.5, 0.6) is 0 Å². The third-order valence-corrected chi connectivity index (χ3v) is 13.2. The molecule has 0 aliphatic rings. The smallest absolute Gasteiger partial charge is 0.0542 e. The van der Waals surface area contributed by atoms with Gasteiger partial charge in [0.25, 0.3) is 0 Å². The van der Waals surface area contributed by atoms with Crippen LogP contribution in [0.3, 0.4) is 0 Å². The molecule has 11 rings (SSSR count). The second-order valence-corrected chi connectivity index (χ2v) is 17.4. The van der Waals surface area contributed by atoms with Crippen molar-refractivity contribution in [1.82, 2.24) is 0 Å². The van der Waals surface area contributed by atoms with Crippen molar-refractivity contribution in [2.75, 3.05) is 4.90 Å². The fraction of sp³-hybridized carbons (Fsp3) is 0.0303. The highest BCUT2D eigenvalue weighted by Gasteiger charge is 2.20. The summed E-state index contributed by atoms with van der Waals surface area (Å²) >= 11 is 0. The van der Waals surface area contributed by atoms with Gasteiger partial charge in [-0.15, -0.1) is 0 Å². The number of fused-ring (bicyclic) bond motifs is 4. The number of rotatable bonds is 10. The maximum absolute atomic E-state index is 2.44. The predicted octanol–water partition coefficient (Wildman–Crippen LogP) is 18.6. The number of hydrogen-bond acceptors (Lipinski definition) is 1. The SMILES string of the molecule is C/C(=C\C=C(/C)N(c1ccc(-c2ccc3ccccc3c2)cc1)c1cc(-c2cc3ccccc3c3ccccc23)ccc1-c1ccccc1)c1ccc(-c2ccccc2)c(-c2ccccc2)c1. The molecule has 1 heteroatoms. The van der Waals surface area contributed by atoms with E-state index in [1.165, 1.54) is 88.0 Å². The van der Waals surface area contributed by atoms with Gasteiger partial charge in [0.1, 0.15) is 0 Å². The zero-order valence-corrected chi connectivity index (χ0v) is 37.8. The molecule has 67 heavy (non-hydrogen) atoms. The fourth-order valence-corrected chi connectivity index (χ4v) is 9.68. The minimum Gasteiger partial charge on any atom is -0.314 e. The van der Waals surface area contributed by atoms with Gasteiger partial charge in [0.2, 0.25) is 0 Å². The molecule has 0 saturated carbocycles. The van der Waals surface area contributed by atoms with Gasteiger partial charge in [-0.25, -0.2) is 0 Å². The van der Waals surface area contributed by atoms with Gasteiger partial charge in [-0.05, 0) is 150 Å². The van der Waals surface area contributed by atoms with E-state index in [1.54, 1.807) is 0 Å². The number of allylic oxidation sites excluding steroid dienone is 4. The summed E-state index contributed by atoms with van der Waals surface area (Å²) < 4.78 is 0. The lowest BCUT2D eigenvalue weighted by atomic mass is 9.91. The summed E-state index contributed by atoms with van der Waals surface area (Å²) in [5.74, 6) is 0. The van der Waals surface area contributed by atoms with Crippen molar-refractivity contribution in [2.24, 2.45) is 0 Å². The second-order valence-electron chi connectivity index (χ2n) is 17.4. The maximum Gasteiger partial charge on any atom is 0.0542 e. The molecule has 11 aromatic carbocycles. The molecule has 0 N–H and O–H groups in total. The van der Waals surface area contributed by atoms with E-state index < -0.39 is 0 Å². The molecule has 0 aliphatic heterocycles. The molecule has 1 nitrogen and oxygen atoms in total. The summed E-state index contributed by atoms with van der Waals surface area (Å²) in [4.78, 5) is 2.44. The van der Waals surface area contributed by atoms with Crippen molar-refractivity contribution < 1.29 is 0 Å². The van der Waals surface area contributed by atoms with Crippen LogP contribution in [0.1, 0.15) is 19.4 Å². The number of anilines is 2. The Kier molecular flexibility index (Phi) is 11.2. The van der Waals surface area contributed by atoms with Gasteiger partial charge in [0.05, 0.1) is 5.69 Å². The summed E-state index contributed by atoms with van der Waals surface area (Å²) in [6.07, 6.45) is 4.56. The van der Waals surface area contributed by atoms with E-state index in [0.717, 1.165) is 28.2 Å². The third kappa shape index (κ3) is 8.25. The quantitative estimate of drug-likeness (QED) is 0.0978. The number of hydrogen-bond donors (Lipinski definition) is 0. The minimum atomic E-state index is 1.08. The molecule has 0 atom stereocenters. The minimum absolute atomic E-state index is 1.08. The highest BCUT2D eigenvalue weighted by atomic mass is 15.1. The van der Waals surface area contributed by atoms with Gasteiger partial charge in [-0.3, -0.25) is 0 Å². The first kappa shape index (κ1) is 41.2. The molecule has 0 unspecified atom stereocenters. The van der Waals surface area contributed by atoms with Crippen molar-refractivity contribution in [3.8, 4) is 55.6 Å². The Bertz CT molecular complexity index is 3620. The Morgan fingerprint density at radius 1 is 0.313 bits per heavy atom. The van der Waals surface area contributed by atoms with E-state index in [0.29, 0.717) is 0 Å².